The fourth-order valence-electron chi connectivity index (χ4n) is 1.47. The van der Waals surface area contributed by atoms with Gasteiger partial charge in [0.25, 0.3) is 0 Å². The minimum absolute atomic E-state index is 0.535. The summed E-state index contributed by atoms with van der Waals surface area (Å²) in [5.74, 6) is 3.37. The summed E-state index contributed by atoms with van der Waals surface area (Å²) >= 11 is 3.45. The van der Waals surface area contributed by atoms with Crippen LogP contribution in [0.4, 0.5) is 0 Å². The molecule has 2 aromatic rings. The number of hydrogen-bond acceptors (Lipinski definition) is 1. The highest BCUT2D eigenvalue weighted by atomic mass is 79.9. The van der Waals surface area contributed by atoms with Gasteiger partial charge in [0, 0.05) is 5.56 Å². The number of terminal acetylenes is 1. The van der Waals surface area contributed by atoms with Crippen molar-refractivity contribution in [3.05, 3.63) is 64.1 Å². The van der Waals surface area contributed by atoms with Gasteiger partial charge in [-0.2, -0.15) is 0 Å². The number of ether oxygens (including phenoxy) is 1. The Balaban J connectivity index is 2.13. The molecule has 0 aliphatic heterocycles. The van der Waals surface area contributed by atoms with Gasteiger partial charge in [0.05, 0.1) is 4.47 Å². The highest BCUT2D eigenvalue weighted by Crippen LogP contribution is 2.28. The molecule has 0 unspecified atom stereocenters. The van der Waals surface area contributed by atoms with Crippen molar-refractivity contribution in [2.24, 2.45) is 0 Å². The van der Waals surface area contributed by atoms with Crippen LogP contribution in [-0.4, -0.2) is 0 Å². The molecule has 84 valence electrons. The lowest BCUT2D eigenvalue weighted by Crippen LogP contribution is -1.96. The molecule has 0 atom stereocenters. The van der Waals surface area contributed by atoms with E-state index in [0.717, 1.165) is 21.3 Å². The first-order valence-corrected chi connectivity index (χ1v) is 6.02. The predicted octanol–water partition coefficient (Wildman–Crippen LogP) is 4.01. The Morgan fingerprint density at radius 3 is 2.53 bits per heavy atom. The zero-order valence-corrected chi connectivity index (χ0v) is 10.8. The molecule has 0 saturated carbocycles. The van der Waals surface area contributed by atoms with Gasteiger partial charge in [-0.05, 0) is 33.6 Å². The van der Waals surface area contributed by atoms with Crippen LogP contribution in [0.3, 0.4) is 0 Å². The number of rotatable bonds is 3. The molecule has 2 heteroatoms. The summed E-state index contributed by atoms with van der Waals surface area (Å²) in [5, 5.41) is 0. The van der Waals surface area contributed by atoms with E-state index in [1.54, 1.807) is 0 Å². The van der Waals surface area contributed by atoms with E-state index in [1.165, 1.54) is 0 Å². The Kier molecular flexibility index (Phi) is 3.85. The van der Waals surface area contributed by atoms with Crippen LogP contribution in [0.5, 0.6) is 5.75 Å². The second kappa shape index (κ2) is 5.56. The van der Waals surface area contributed by atoms with Crippen molar-refractivity contribution in [1.29, 1.82) is 0 Å². The molecule has 0 saturated heterocycles. The Bertz CT molecular complexity index is 541. The Morgan fingerprint density at radius 2 is 1.82 bits per heavy atom. The van der Waals surface area contributed by atoms with Gasteiger partial charge >= 0.3 is 0 Å². The normalized spacial score (nSPS) is 9.65. The predicted molar refractivity (Wildman–Crippen MR) is 72.9 cm³/mol. The van der Waals surface area contributed by atoms with Crippen LogP contribution in [0.1, 0.15) is 11.1 Å². The van der Waals surface area contributed by atoms with E-state index in [-0.39, 0.29) is 0 Å². The molecule has 2 aromatic carbocycles. The molecule has 17 heavy (non-hydrogen) atoms. The van der Waals surface area contributed by atoms with Crippen molar-refractivity contribution in [1.82, 2.24) is 0 Å². The topological polar surface area (TPSA) is 9.23 Å². The SMILES string of the molecule is C#Cc1cccc(OCc2ccccc2)c1Br. The summed E-state index contributed by atoms with van der Waals surface area (Å²) in [6.45, 7) is 0.535. The van der Waals surface area contributed by atoms with Gasteiger partial charge in [-0.3, -0.25) is 0 Å². The third-order valence-electron chi connectivity index (χ3n) is 2.36. The van der Waals surface area contributed by atoms with Crippen LogP contribution in [-0.2, 0) is 6.61 Å². The average molecular weight is 287 g/mol. The molecule has 0 amide bonds. The lowest BCUT2D eigenvalue weighted by molar-refractivity contribution is 0.304. The maximum Gasteiger partial charge on any atom is 0.135 e. The number of halogens is 1. The zero-order valence-electron chi connectivity index (χ0n) is 9.19. The molecule has 0 bridgehead atoms. The number of hydrogen-bond donors (Lipinski definition) is 0. The van der Waals surface area contributed by atoms with Gasteiger partial charge in [0.15, 0.2) is 0 Å². The Hall–Kier alpha value is -1.72. The molecule has 0 fully saturated rings. The van der Waals surface area contributed by atoms with Crippen molar-refractivity contribution in [3.63, 3.8) is 0 Å². The molecular weight excluding hydrogens is 276 g/mol. The van der Waals surface area contributed by atoms with E-state index in [2.05, 4.69) is 21.9 Å². The molecule has 0 aliphatic rings. The van der Waals surface area contributed by atoms with Crippen molar-refractivity contribution >= 4 is 15.9 Å². The molecule has 0 N–H and O–H groups in total. The van der Waals surface area contributed by atoms with Gasteiger partial charge in [-0.25, -0.2) is 0 Å². The Morgan fingerprint density at radius 1 is 1.06 bits per heavy atom. The monoisotopic (exact) mass is 286 g/mol. The molecule has 2 rings (SSSR count). The minimum atomic E-state index is 0.535. The van der Waals surface area contributed by atoms with E-state index in [0.29, 0.717) is 6.61 Å². The molecule has 0 spiro atoms. The fourth-order valence-corrected chi connectivity index (χ4v) is 1.96. The van der Waals surface area contributed by atoms with Crippen LogP contribution >= 0.6 is 15.9 Å². The van der Waals surface area contributed by atoms with Crippen LogP contribution in [0, 0.1) is 12.3 Å². The van der Waals surface area contributed by atoms with Gasteiger partial charge in [-0.1, -0.05) is 42.3 Å². The van der Waals surface area contributed by atoms with Gasteiger partial charge in [-0.15, -0.1) is 6.42 Å². The zero-order chi connectivity index (χ0) is 12.1. The molecule has 0 radical (unpaired) electrons. The number of benzene rings is 2. The first-order chi connectivity index (χ1) is 8.31. The second-order valence-corrected chi connectivity index (χ2v) is 4.33. The highest BCUT2D eigenvalue weighted by molar-refractivity contribution is 9.10. The summed E-state index contributed by atoms with van der Waals surface area (Å²) in [4.78, 5) is 0. The van der Waals surface area contributed by atoms with E-state index in [4.69, 9.17) is 11.2 Å². The third kappa shape index (κ3) is 2.89. The first kappa shape index (κ1) is 11.8. The second-order valence-electron chi connectivity index (χ2n) is 3.54. The summed E-state index contributed by atoms with van der Waals surface area (Å²) in [5.41, 5.74) is 1.93. The minimum Gasteiger partial charge on any atom is -0.488 e. The van der Waals surface area contributed by atoms with Crippen LogP contribution in [0.25, 0.3) is 0 Å². The molecule has 0 heterocycles. The highest BCUT2D eigenvalue weighted by Gasteiger charge is 2.04. The van der Waals surface area contributed by atoms with Crippen molar-refractivity contribution in [2.45, 2.75) is 6.61 Å². The standard InChI is InChI=1S/C15H11BrO/c1-2-13-9-6-10-14(15(13)16)17-11-12-7-4-3-5-8-12/h1,3-10H,11H2. The maximum absolute atomic E-state index is 5.72. The van der Waals surface area contributed by atoms with Crippen LogP contribution < -0.4 is 4.74 Å². The van der Waals surface area contributed by atoms with E-state index < -0.39 is 0 Å². The van der Waals surface area contributed by atoms with Crippen LogP contribution in [0.15, 0.2) is 53.0 Å². The third-order valence-corrected chi connectivity index (χ3v) is 3.17. The van der Waals surface area contributed by atoms with Crippen molar-refractivity contribution in [3.8, 4) is 18.1 Å². The van der Waals surface area contributed by atoms with Gasteiger partial charge < -0.3 is 4.74 Å². The average Bonchev–Trinajstić information content (AvgIpc) is 2.39. The van der Waals surface area contributed by atoms with E-state index in [1.807, 2.05) is 48.5 Å². The molecule has 1 nitrogen and oxygen atoms in total. The summed E-state index contributed by atoms with van der Waals surface area (Å²) in [6, 6.07) is 15.7. The summed E-state index contributed by atoms with van der Waals surface area (Å²) in [6.07, 6.45) is 5.39. The first-order valence-electron chi connectivity index (χ1n) is 5.23. The van der Waals surface area contributed by atoms with Crippen molar-refractivity contribution < 1.29 is 4.74 Å². The van der Waals surface area contributed by atoms with Crippen LogP contribution in [0.2, 0.25) is 0 Å². The molecule has 0 aromatic heterocycles. The smallest absolute Gasteiger partial charge is 0.135 e. The largest absolute Gasteiger partial charge is 0.488 e. The lowest BCUT2D eigenvalue weighted by Gasteiger charge is -2.09. The van der Waals surface area contributed by atoms with Crippen molar-refractivity contribution in [2.75, 3.05) is 0 Å². The summed E-state index contributed by atoms with van der Waals surface area (Å²) in [7, 11) is 0. The Labute approximate surface area is 110 Å². The lowest BCUT2D eigenvalue weighted by atomic mass is 10.2. The van der Waals surface area contributed by atoms with Gasteiger partial charge in [0.2, 0.25) is 0 Å². The fraction of sp³-hybridized carbons (Fsp3) is 0.0667. The van der Waals surface area contributed by atoms with E-state index >= 15 is 0 Å². The summed E-state index contributed by atoms with van der Waals surface area (Å²) < 4.78 is 6.55. The molecular formula is C15H11BrO. The van der Waals surface area contributed by atoms with Gasteiger partial charge in [0.1, 0.15) is 12.4 Å². The van der Waals surface area contributed by atoms with E-state index in [9.17, 15) is 0 Å². The molecule has 0 aliphatic carbocycles. The quantitative estimate of drug-likeness (QED) is 0.775. The maximum atomic E-state index is 5.72.